The summed E-state index contributed by atoms with van der Waals surface area (Å²) in [5.74, 6) is 3.52. The van der Waals surface area contributed by atoms with Crippen molar-refractivity contribution in [3.05, 3.63) is 48.8 Å². The Morgan fingerprint density at radius 2 is 1.66 bits per heavy atom. The second-order valence-electron chi connectivity index (χ2n) is 9.14. The smallest absolute Gasteiger partial charge is 0.231 e. The van der Waals surface area contributed by atoms with Gasteiger partial charge in [-0.3, -0.25) is 0 Å². The highest BCUT2D eigenvalue weighted by atomic mass is 16.5. The number of fused-ring (bicyclic) bond motifs is 1. The zero-order valence-corrected chi connectivity index (χ0v) is 22.1. The Morgan fingerprint density at radius 1 is 0.921 bits per heavy atom. The molecule has 1 saturated carbocycles. The maximum atomic E-state index is 5.85. The van der Waals surface area contributed by atoms with E-state index in [1.54, 1.807) is 21.3 Å². The Hall–Kier alpha value is -4.21. The monoisotopic (exact) mass is 518 g/mol. The zero-order chi connectivity index (χ0) is 26.3. The van der Waals surface area contributed by atoms with Crippen molar-refractivity contribution in [2.45, 2.75) is 38.1 Å². The van der Waals surface area contributed by atoms with Crippen molar-refractivity contribution in [1.82, 2.24) is 19.5 Å². The van der Waals surface area contributed by atoms with Crippen molar-refractivity contribution in [1.29, 1.82) is 0 Å². The van der Waals surface area contributed by atoms with Crippen LogP contribution in [0.25, 0.3) is 11.2 Å². The van der Waals surface area contributed by atoms with Gasteiger partial charge in [-0.15, -0.1) is 0 Å². The summed E-state index contributed by atoms with van der Waals surface area (Å²) in [5.41, 5.74) is 2.25. The van der Waals surface area contributed by atoms with Gasteiger partial charge in [0.2, 0.25) is 11.7 Å². The number of benzene rings is 2. The van der Waals surface area contributed by atoms with Gasteiger partial charge in [-0.25, -0.2) is 4.98 Å². The third-order valence-corrected chi connectivity index (χ3v) is 6.72. The summed E-state index contributed by atoms with van der Waals surface area (Å²) in [5, 5.41) is 6.73. The standard InChI is InChI=1S/C28H34N6O4/c1-35-22-16-19(17-23(36-2)25(22)37-3)31-28-32-26(29-14-15-38-21-12-8-5-9-13-21)24-27(33-28)34(18-30-24)20-10-6-4-7-11-20/h5,8-9,12-13,16-18,20H,4,6-7,10-11,14-15H2,1-3H3,(H2,29,31,32,33). The summed E-state index contributed by atoms with van der Waals surface area (Å²) in [6, 6.07) is 13.8. The molecular formula is C28H34N6O4. The van der Waals surface area contributed by atoms with Crippen molar-refractivity contribution in [2.75, 3.05) is 45.1 Å². The molecule has 0 saturated heterocycles. The van der Waals surface area contributed by atoms with Crippen molar-refractivity contribution in [3.63, 3.8) is 0 Å². The molecule has 0 unspecified atom stereocenters. The van der Waals surface area contributed by atoms with Gasteiger partial charge in [0, 0.05) is 23.9 Å². The molecule has 0 bridgehead atoms. The van der Waals surface area contributed by atoms with Crippen LogP contribution in [0, 0.1) is 0 Å². The number of nitrogens with zero attached hydrogens (tertiary/aromatic N) is 4. The molecule has 1 aliphatic carbocycles. The summed E-state index contributed by atoms with van der Waals surface area (Å²) < 4.78 is 24.5. The molecule has 5 rings (SSSR count). The van der Waals surface area contributed by atoms with Crippen LogP contribution < -0.4 is 29.6 Å². The van der Waals surface area contributed by atoms with Crippen LogP contribution >= 0.6 is 0 Å². The minimum Gasteiger partial charge on any atom is -0.493 e. The summed E-state index contributed by atoms with van der Waals surface area (Å²) in [7, 11) is 4.76. The summed E-state index contributed by atoms with van der Waals surface area (Å²) in [4.78, 5) is 14.4. The molecule has 0 amide bonds. The first-order chi connectivity index (χ1) is 18.7. The van der Waals surface area contributed by atoms with Crippen LogP contribution in [0.5, 0.6) is 23.0 Å². The fourth-order valence-corrected chi connectivity index (χ4v) is 4.86. The second kappa shape index (κ2) is 11.9. The molecule has 2 aromatic carbocycles. The van der Waals surface area contributed by atoms with Crippen molar-refractivity contribution in [3.8, 4) is 23.0 Å². The number of hydrogen-bond acceptors (Lipinski definition) is 9. The molecule has 2 heterocycles. The van der Waals surface area contributed by atoms with Crippen LogP contribution in [0.15, 0.2) is 48.8 Å². The van der Waals surface area contributed by atoms with Gasteiger partial charge in [0.1, 0.15) is 12.4 Å². The number of anilines is 3. The molecule has 2 N–H and O–H groups in total. The number of ether oxygens (including phenoxy) is 4. The first-order valence-corrected chi connectivity index (χ1v) is 12.9. The van der Waals surface area contributed by atoms with Crippen LogP contribution in [0.4, 0.5) is 17.5 Å². The van der Waals surface area contributed by atoms with E-state index in [-0.39, 0.29) is 0 Å². The Morgan fingerprint density at radius 3 is 2.34 bits per heavy atom. The van der Waals surface area contributed by atoms with Gasteiger partial charge < -0.3 is 34.1 Å². The molecule has 2 aromatic heterocycles. The van der Waals surface area contributed by atoms with Gasteiger partial charge in [0.15, 0.2) is 28.5 Å². The fourth-order valence-electron chi connectivity index (χ4n) is 4.86. The quantitative estimate of drug-likeness (QED) is 0.246. The van der Waals surface area contributed by atoms with Crippen LogP contribution in [0.2, 0.25) is 0 Å². The summed E-state index contributed by atoms with van der Waals surface area (Å²) in [6.45, 7) is 1.04. The highest BCUT2D eigenvalue weighted by Crippen LogP contribution is 2.40. The average Bonchev–Trinajstić information content (AvgIpc) is 3.40. The van der Waals surface area contributed by atoms with Gasteiger partial charge in [-0.2, -0.15) is 9.97 Å². The lowest BCUT2D eigenvalue weighted by Crippen LogP contribution is -2.15. The van der Waals surface area contributed by atoms with Crippen LogP contribution in [0.1, 0.15) is 38.1 Å². The second-order valence-corrected chi connectivity index (χ2v) is 9.14. The van der Waals surface area contributed by atoms with Gasteiger partial charge in [-0.1, -0.05) is 37.5 Å². The van der Waals surface area contributed by atoms with Gasteiger partial charge in [0.05, 0.1) is 34.2 Å². The van der Waals surface area contributed by atoms with Crippen LogP contribution in [-0.2, 0) is 0 Å². The molecule has 4 aromatic rings. The number of aromatic nitrogens is 4. The molecule has 0 spiro atoms. The van der Waals surface area contributed by atoms with E-state index < -0.39 is 0 Å². The van der Waals surface area contributed by atoms with Gasteiger partial charge in [-0.05, 0) is 25.0 Å². The van der Waals surface area contributed by atoms with Crippen molar-refractivity contribution < 1.29 is 18.9 Å². The number of para-hydroxylation sites is 1. The number of methoxy groups -OCH3 is 3. The van der Waals surface area contributed by atoms with Crippen LogP contribution in [-0.4, -0.2) is 54.0 Å². The van der Waals surface area contributed by atoms with Gasteiger partial charge in [0.25, 0.3) is 0 Å². The molecule has 10 heteroatoms. The fraction of sp³-hybridized carbons (Fsp3) is 0.393. The highest BCUT2D eigenvalue weighted by molar-refractivity contribution is 5.85. The highest BCUT2D eigenvalue weighted by Gasteiger charge is 2.21. The number of rotatable bonds is 11. The first kappa shape index (κ1) is 25.4. The predicted molar refractivity (Wildman–Crippen MR) is 147 cm³/mol. The molecule has 1 aliphatic rings. The molecule has 200 valence electrons. The number of imidazole rings is 1. The third kappa shape index (κ3) is 5.53. The Bertz CT molecular complexity index is 1330. The normalized spacial score (nSPS) is 13.8. The minimum atomic E-state index is 0.381. The predicted octanol–water partition coefficient (Wildman–Crippen LogP) is 5.59. The van der Waals surface area contributed by atoms with Crippen molar-refractivity contribution >= 4 is 28.6 Å². The zero-order valence-electron chi connectivity index (χ0n) is 22.1. The summed E-state index contributed by atoms with van der Waals surface area (Å²) >= 11 is 0. The van der Waals surface area contributed by atoms with Gasteiger partial charge >= 0.3 is 0 Å². The molecule has 0 radical (unpaired) electrons. The van der Waals surface area contributed by atoms with Crippen molar-refractivity contribution in [2.24, 2.45) is 0 Å². The Labute approximate surface area is 222 Å². The maximum Gasteiger partial charge on any atom is 0.231 e. The van der Waals surface area contributed by atoms with E-state index in [2.05, 4.69) is 15.2 Å². The number of nitrogens with one attached hydrogen (secondary N) is 2. The lowest BCUT2D eigenvalue weighted by Gasteiger charge is -2.23. The van der Waals surface area contributed by atoms with E-state index in [1.807, 2.05) is 48.8 Å². The minimum absolute atomic E-state index is 0.381. The first-order valence-electron chi connectivity index (χ1n) is 12.9. The SMILES string of the molecule is COc1cc(Nc2nc(NCCOc3ccccc3)c3ncn(C4CCCCC4)c3n2)cc(OC)c1OC. The van der Waals surface area contributed by atoms with E-state index in [4.69, 9.17) is 33.9 Å². The molecule has 1 fully saturated rings. The largest absolute Gasteiger partial charge is 0.493 e. The van der Waals surface area contributed by atoms with E-state index in [0.29, 0.717) is 53.9 Å². The Kier molecular flexibility index (Phi) is 7.96. The van der Waals surface area contributed by atoms with E-state index >= 15 is 0 Å². The third-order valence-electron chi connectivity index (χ3n) is 6.72. The number of hydrogen-bond donors (Lipinski definition) is 2. The average molecular weight is 519 g/mol. The van der Waals surface area contributed by atoms with E-state index in [1.165, 1.54) is 19.3 Å². The maximum absolute atomic E-state index is 5.85. The summed E-state index contributed by atoms with van der Waals surface area (Å²) in [6.07, 6.45) is 7.85. The van der Waals surface area contributed by atoms with E-state index in [0.717, 1.165) is 29.8 Å². The molecule has 38 heavy (non-hydrogen) atoms. The lowest BCUT2D eigenvalue weighted by molar-refractivity contribution is 0.324. The lowest BCUT2D eigenvalue weighted by atomic mass is 9.95. The topological polar surface area (TPSA) is 105 Å². The van der Waals surface area contributed by atoms with E-state index in [9.17, 15) is 0 Å². The molecule has 0 atom stereocenters. The molecule has 10 nitrogen and oxygen atoms in total. The Balaban J connectivity index is 1.45. The van der Waals surface area contributed by atoms with Crippen LogP contribution in [0.3, 0.4) is 0 Å². The molecular weight excluding hydrogens is 484 g/mol. The molecule has 0 aliphatic heterocycles.